The van der Waals surface area contributed by atoms with Crippen LogP contribution in [-0.2, 0) is 23.3 Å². The van der Waals surface area contributed by atoms with Crippen molar-refractivity contribution in [2.75, 3.05) is 31.2 Å². The lowest BCUT2D eigenvalue weighted by Gasteiger charge is -2.32. The quantitative estimate of drug-likeness (QED) is 0.702. The van der Waals surface area contributed by atoms with E-state index in [1.54, 1.807) is 11.8 Å². The molecule has 2 heterocycles. The molecule has 0 N–H and O–H groups in total. The molecular formula is C21H22ClN3OS. The number of halogens is 1. The molecule has 0 bridgehead atoms. The monoisotopic (exact) mass is 399 g/mol. The normalized spacial score (nSPS) is 16.7. The molecule has 1 aliphatic carbocycles. The Morgan fingerprint density at radius 2 is 1.81 bits per heavy atom. The summed E-state index contributed by atoms with van der Waals surface area (Å²) in [5, 5.41) is 11.4. The smallest absolute Gasteiger partial charge is 0.133 e. The molecule has 0 radical (unpaired) electrons. The highest BCUT2D eigenvalue weighted by molar-refractivity contribution is 7.98. The molecular weight excluding hydrogens is 378 g/mol. The number of nitrogens with zero attached hydrogens (tertiary/aromatic N) is 3. The van der Waals surface area contributed by atoms with Crippen molar-refractivity contribution in [3.05, 3.63) is 51.5 Å². The largest absolute Gasteiger partial charge is 0.378 e. The average molecular weight is 400 g/mol. The van der Waals surface area contributed by atoms with E-state index in [4.69, 9.17) is 21.3 Å². The molecule has 140 valence electrons. The van der Waals surface area contributed by atoms with Gasteiger partial charge in [-0.3, -0.25) is 0 Å². The fourth-order valence-corrected chi connectivity index (χ4v) is 4.85. The number of nitriles is 1. The Hall–Kier alpha value is -1.74. The molecule has 0 saturated carbocycles. The van der Waals surface area contributed by atoms with Crippen LogP contribution in [0.2, 0.25) is 5.02 Å². The molecule has 0 spiro atoms. The number of benzene rings is 1. The van der Waals surface area contributed by atoms with Crippen molar-refractivity contribution in [1.82, 2.24) is 4.98 Å². The Balaban J connectivity index is 1.68. The standard InChI is InChI=1S/C21H22ClN3OS/c22-16-7-5-15(6-8-16)14-27-21-19(13-23)17-3-1-2-4-18(17)20(24-21)25-9-11-26-12-10-25/h5-8H,1-4,9-12,14H2. The van der Waals surface area contributed by atoms with Gasteiger partial charge in [0.05, 0.1) is 18.8 Å². The van der Waals surface area contributed by atoms with E-state index in [0.717, 1.165) is 72.7 Å². The fraction of sp³-hybridized carbons (Fsp3) is 0.429. The highest BCUT2D eigenvalue weighted by Crippen LogP contribution is 2.37. The zero-order chi connectivity index (χ0) is 18.6. The summed E-state index contributed by atoms with van der Waals surface area (Å²) in [6.07, 6.45) is 4.32. The van der Waals surface area contributed by atoms with Gasteiger partial charge in [0.15, 0.2) is 0 Å². The first kappa shape index (κ1) is 18.6. The molecule has 6 heteroatoms. The maximum atomic E-state index is 9.85. The van der Waals surface area contributed by atoms with Gasteiger partial charge in [-0.1, -0.05) is 23.7 Å². The van der Waals surface area contributed by atoms with Crippen molar-refractivity contribution in [3.63, 3.8) is 0 Å². The number of pyridine rings is 1. The van der Waals surface area contributed by atoms with E-state index in [1.807, 2.05) is 24.3 Å². The Bertz CT molecular complexity index is 857. The molecule has 4 nitrogen and oxygen atoms in total. The minimum absolute atomic E-state index is 0.739. The number of rotatable bonds is 4. The number of morpholine rings is 1. The summed E-state index contributed by atoms with van der Waals surface area (Å²) >= 11 is 7.63. The van der Waals surface area contributed by atoms with Crippen molar-refractivity contribution in [1.29, 1.82) is 5.26 Å². The molecule has 27 heavy (non-hydrogen) atoms. The Kier molecular flexibility index (Phi) is 5.87. The van der Waals surface area contributed by atoms with Crippen molar-refractivity contribution >= 4 is 29.2 Å². The highest BCUT2D eigenvalue weighted by atomic mass is 35.5. The van der Waals surface area contributed by atoms with Crippen molar-refractivity contribution in [2.24, 2.45) is 0 Å². The molecule has 4 rings (SSSR count). The first-order valence-electron chi connectivity index (χ1n) is 9.42. The topological polar surface area (TPSA) is 49.2 Å². The molecule has 1 aliphatic heterocycles. The first-order valence-corrected chi connectivity index (χ1v) is 10.8. The number of anilines is 1. The van der Waals surface area contributed by atoms with Crippen LogP contribution in [0, 0.1) is 11.3 Å². The third kappa shape index (κ3) is 4.08. The maximum absolute atomic E-state index is 9.85. The number of ether oxygens (including phenoxy) is 1. The summed E-state index contributed by atoms with van der Waals surface area (Å²) in [5.41, 5.74) is 4.47. The number of thioether (sulfide) groups is 1. The summed E-state index contributed by atoms with van der Waals surface area (Å²) in [5.74, 6) is 1.85. The van der Waals surface area contributed by atoms with E-state index >= 15 is 0 Å². The summed E-state index contributed by atoms with van der Waals surface area (Å²) in [4.78, 5) is 7.33. The van der Waals surface area contributed by atoms with E-state index in [-0.39, 0.29) is 0 Å². The van der Waals surface area contributed by atoms with Crippen LogP contribution in [0.15, 0.2) is 29.3 Å². The lowest BCUT2D eigenvalue weighted by atomic mass is 9.89. The third-order valence-electron chi connectivity index (χ3n) is 5.17. The molecule has 2 aliphatic rings. The Labute approximate surface area is 169 Å². The fourth-order valence-electron chi connectivity index (χ4n) is 3.77. The van der Waals surface area contributed by atoms with Gasteiger partial charge in [0.1, 0.15) is 16.9 Å². The second-order valence-corrected chi connectivity index (χ2v) is 8.31. The van der Waals surface area contributed by atoms with Gasteiger partial charge in [-0.25, -0.2) is 4.98 Å². The van der Waals surface area contributed by atoms with Gasteiger partial charge in [0, 0.05) is 23.9 Å². The molecule has 0 atom stereocenters. The van der Waals surface area contributed by atoms with Crippen LogP contribution < -0.4 is 4.90 Å². The lowest BCUT2D eigenvalue weighted by Crippen LogP contribution is -2.38. The van der Waals surface area contributed by atoms with E-state index in [1.165, 1.54) is 23.1 Å². The van der Waals surface area contributed by atoms with E-state index in [0.29, 0.717) is 0 Å². The number of hydrogen-bond acceptors (Lipinski definition) is 5. The van der Waals surface area contributed by atoms with Crippen LogP contribution in [0.1, 0.15) is 35.1 Å². The zero-order valence-electron chi connectivity index (χ0n) is 15.2. The van der Waals surface area contributed by atoms with Crippen LogP contribution >= 0.6 is 23.4 Å². The lowest BCUT2D eigenvalue weighted by molar-refractivity contribution is 0.122. The van der Waals surface area contributed by atoms with Crippen molar-refractivity contribution in [3.8, 4) is 6.07 Å². The molecule has 2 aromatic rings. The van der Waals surface area contributed by atoms with Gasteiger partial charge in [0.25, 0.3) is 0 Å². The zero-order valence-corrected chi connectivity index (χ0v) is 16.8. The Morgan fingerprint density at radius 1 is 1.11 bits per heavy atom. The van der Waals surface area contributed by atoms with Crippen LogP contribution in [-0.4, -0.2) is 31.3 Å². The number of aromatic nitrogens is 1. The van der Waals surface area contributed by atoms with Gasteiger partial charge in [-0.15, -0.1) is 11.8 Å². The van der Waals surface area contributed by atoms with Gasteiger partial charge >= 0.3 is 0 Å². The van der Waals surface area contributed by atoms with Gasteiger partial charge in [-0.2, -0.15) is 5.26 Å². The van der Waals surface area contributed by atoms with Gasteiger partial charge in [-0.05, 0) is 54.5 Å². The predicted molar refractivity (Wildman–Crippen MR) is 110 cm³/mol. The highest BCUT2D eigenvalue weighted by Gasteiger charge is 2.26. The molecule has 1 aromatic heterocycles. The van der Waals surface area contributed by atoms with Crippen LogP contribution in [0.4, 0.5) is 5.82 Å². The summed E-state index contributed by atoms with van der Waals surface area (Å²) < 4.78 is 5.52. The molecule has 1 saturated heterocycles. The maximum Gasteiger partial charge on any atom is 0.133 e. The summed E-state index contributed by atoms with van der Waals surface area (Å²) in [6.45, 7) is 3.21. The van der Waals surface area contributed by atoms with Gasteiger partial charge in [0.2, 0.25) is 0 Å². The predicted octanol–water partition coefficient (Wildman–Crippen LogP) is 4.61. The first-order chi connectivity index (χ1) is 13.3. The molecule has 1 fully saturated rings. The molecule has 1 aromatic carbocycles. The van der Waals surface area contributed by atoms with Crippen LogP contribution in [0.3, 0.4) is 0 Å². The van der Waals surface area contributed by atoms with Crippen molar-refractivity contribution in [2.45, 2.75) is 36.5 Å². The summed E-state index contributed by atoms with van der Waals surface area (Å²) in [7, 11) is 0. The number of fused-ring (bicyclic) bond motifs is 1. The van der Waals surface area contributed by atoms with E-state index in [9.17, 15) is 5.26 Å². The van der Waals surface area contributed by atoms with Crippen molar-refractivity contribution < 1.29 is 4.74 Å². The third-order valence-corrected chi connectivity index (χ3v) is 6.47. The molecule has 0 amide bonds. The van der Waals surface area contributed by atoms with E-state index < -0.39 is 0 Å². The van der Waals surface area contributed by atoms with E-state index in [2.05, 4.69) is 11.0 Å². The average Bonchev–Trinajstić information content (AvgIpc) is 2.73. The second kappa shape index (κ2) is 8.52. The molecule has 0 unspecified atom stereocenters. The van der Waals surface area contributed by atoms with Gasteiger partial charge < -0.3 is 9.64 Å². The van der Waals surface area contributed by atoms with Crippen LogP contribution in [0.5, 0.6) is 0 Å². The SMILES string of the molecule is N#Cc1c(SCc2ccc(Cl)cc2)nc(N2CCOCC2)c2c1CCCC2. The second-order valence-electron chi connectivity index (χ2n) is 6.91. The minimum atomic E-state index is 0.739. The number of hydrogen-bond donors (Lipinski definition) is 0. The Morgan fingerprint density at radius 3 is 2.52 bits per heavy atom. The minimum Gasteiger partial charge on any atom is -0.378 e. The van der Waals surface area contributed by atoms with Crippen LogP contribution in [0.25, 0.3) is 0 Å². The summed E-state index contributed by atoms with van der Waals surface area (Å²) in [6, 6.07) is 10.3.